The molecule has 0 bridgehead atoms. The van der Waals surface area contributed by atoms with E-state index in [1.165, 1.54) is 11.1 Å². The third-order valence-corrected chi connectivity index (χ3v) is 3.88. The molecule has 2 heterocycles. The zero-order valence-electron chi connectivity index (χ0n) is 13.7. The van der Waals surface area contributed by atoms with Gasteiger partial charge in [-0.1, -0.05) is 24.3 Å². The molecule has 0 radical (unpaired) electrons. The van der Waals surface area contributed by atoms with E-state index in [-0.39, 0.29) is 0 Å². The summed E-state index contributed by atoms with van der Waals surface area (Å²) >= 11 is 0. The van der Waals surface area contributed by atoms with Gasteiger partial charge in [0.25, 0.3) is 0 Å². The minimum absolute atomic E-state index is 0.745. The van der Waals surface area contributed by atoms with Crippen molar-refractivity contribution in [3.05, 3.63) is 71.2 Å². The van der Waals surface area contributed by atoms with Gasteiger partial charge < -0.3 is 9.88 Å². The molecule has 2 aromatic heterocycles. The lowest BCUT2D eigenvalue weighted by Gasteiger charge is -2.12. The number of rotatable bonds is 5. The Bertz CT molecular complexity index is 793. The lowest BCUT2D eigenvalue weighted by atomic mass is 10.1. The summed E-state index contributed by atoms with van der Waals surface area (Å²) in [6.45, 7) is 7.56. The fourth-order valence-electron chi connectivity index (χ4n) is 2.56. The van der Waals surface area contributed by atoms with Crippen LogP contribution in [0.1, 0.15) is 28.2 Å². The second kappa shape index (κ2) is 6.60. The molecule has 1 N–H and O–H groups in total. The van der Waals surface area contributed by atoms with Gasteiger partial charge in [-0.05, 0) is 31.9 Å². The van der Waals surface area contributed by atoms with E-state index in [4.69, 9.17) is 0 Å². The van der Waals surface area contributed by atoms with Crippen molar-refractivity contribution in [3.63, 3.8) is 0 Å². The van der Waals surface area contributed by atoms with Crippen molar-refractivity contribution in [1.29, 1.82) is 0 Å². The van der Waals surface area contributed by atoms with Crippen LogP contribution in [0.5, 0.6) is 0 Å². The number of aryl methyl sites for hydroxylation is 2. The molecule has 5 heteroatoms. The second-order valence-electron chi connectivity index (χ2n) is 5.74. The largest absolute Gasteiger partial charge is 0.366 e. The van der Waals surface area contributed by atoms with Gasteiger partial charge in [0.1, 0.15) is 11.6 Å². The number of benzene rings is 1. The molecule has 1 aromatic carbocycles. The van der Waals surface area contributed by atoms with E-state index in [9.17, 15) is 0 Å². The predicted octanol–water partition coefficient (Wildman–Crippen LogP) is 3.26. The van der Waals surface area contributed by atoms with Gasteiger partial charge >= 0.3 is 0 Å². The van der Waals surface area contributed by atoms with Gasteiger partial charge in [-0.25, -0.2) is 15.0 Å². The molecule has 0 fully saturated rings. The standard InChI is InChI=1S/C18H21N5/c1-13-14(2)21-15(3)22-18(13)20-10-16-5-4-6-17(9-16)11-23-8-7-19-12-23/h4-9,12H,10-11H2,1-3H3,(H,20,21,22). The molecule has 0 saturated carbocycles. The molecule has 3 aromatic rings. The Balaban J connectivity index is 1.71. The third kappa shape index (κ3) is 3.74. The first-order valence-electron chi connectivity index (χ1n) is 7.71. The number of aromatic nitrogens is 4. The van der Waals surface area contributed by atoms with E-state index >= 15 is 0 Å². The van der Waals surface area contributed by atoms with Gasteiger partial charge in [-0.15, -0.1) is 0 Å². The topological polar surface area (TPSA) is 55.6 Å². The zero-order valence-corrected chi connectivity index (χ0v) is 13.7. The lowest BCUT2D eigenvalue weighted by molar-refractivity contribution is 0.795. The summed E-state index contributed by atoms with van der Waals surface area (Å²) in [6, 6.07) is 8.56. The van der Waals surface area contributed by atoms with Crippen molar-refractivity contribution in [2.24, 2.45) is 0 Å². The molecule has 0 saturated heterocycles. The SMILES string of the molecule is Cc1nc(C)c(C)c(NCc2cccc(Cn3ccnc3)c2)n1. The Hall–Kier alpha value is -2.69. The summed E-state index contributed by atoms with van der Waals surface area (Å²) in [5.74, 6) is 1.71. The maximum absolute atomic E-state index is 4.50. The van der Waals surface area contributed by atoms with Crippen LogP contribution < -0.4 is 5.32 Å². The Morgan fingerprint density at radius 2 is 1.91 bits per heavy atom. The summed E-state index contributed by atoms with van der Waals surface area (Å²) < 4.78 is 2.06. The van der Waals surface area contributed by atoms with Gasteiger partial charge in [-0.2, -0.15) is 0 Å². The number of nitrogens with one attached hydrogen (secondary N) is 1. The van der Waals surface area contributed by atoms with Crippen molar-refractivity contribution in [3.8, 4) is 0 Å². The van der Waals surface area contributed by atoms with Crippen molar-refractivity contribution in [2.75, 3.05) is 5.32 Å². The number of nitrogens with zero attached hydrogens (tertiary/aromatic N) is 4. The predicted molar refractivity (Wildman–Crippen MR) is 91.3 cm³/mol. The monoisotopic (exact) mass is 307 g/mol. The van der Waals surface area contributed by atoms with Crippen LogP contribution >= 0.6 is 0 Å². The number of anilines is 1. The molecule has 23 heavy (non-hydrogen) atoms. The highest BCUT2D eigenvalue weighted by molar-refractivity contribution is 5.46. The van der Waals surface area contributed by atoms with Crippen molar-refractivity contribution in [1.82, 2.24) is 19.5 Å². The van der Waals surface area contributed by atoms with Crippen LogP contribution in [0.25, 0.3) is 0 Å². The smallest absolute Gasteiger partial charge is 0.133 e. The number of hydrogen-bond donors (Lipinski definition) is 1. The molecule has 0 amide bonds. The van der Waals surface area contributed by atoms with Crippen molar-refractivity contribution in [2.45, 2.75) is 33.9 Å². The summed E-state index contributed by atoms with van der Waals surface area (Å²) in [5.41, 5.74) is 4.61. The minimum Gasteiger partial charge on any atom is -0.366 e. The van der Waals surface area contributed by atoms with Gasteiger partial charge in [0.15, 0.2) is 0 Å². The Kier molecular flexibility index (Phi) is 4.37. The summed E-state index contributed by atoms with van der Waals surface area (Å²) in [4.78, 5) is 13.0. The van der Waals surface area contributed by atoms with Gasteiger partial charge in [-0.3, -0.25) is 0 Å². The van der Waals surface area contributed by atoms with Crippen LogP contribution in [0, 0.1) is 20.8 Å². The highest BCUT2D eigenvalue weighted by atomic mass is 15.0. The third-order valence-electron chi connectivity index (χ3n) is 3.88. The Morgan fingerprint density at radius 3 is 2.70 bits per heavy atom. The first kappa shape index (κ1) is 15.2. The van der Waals surface area contributed by atoms with Crippen LogP contribution in [-0.2, 0) is 13.1 Å². The van der Waals surface area contributed by atoms with E-state index in [0.29, 0.717) is 0 Å². The van der Waals surface area contributed by atoms with E-state index in [1.54, 1.807) is 6.20 Å². The summed E-state index contributed by atoms with van der Waals surface area (Å²) in [7, 11) is 0. The Labute approximate surface area is 136 Å². The average molecular weight is 307 g/mol. The molecule has 3 rings (SSSR count). The zero-order chi connectivity index (χ0) is 16.2. The number of hydrogen-bond acceptors (Lipinski definition) is 4. The molecule has 118 valence electrons. The second-order valence-corrected chi connectivity index (χ2v) is 5.74. The Morgan fingerprint density at radius 1 is 1.09 bits per heavy atom. The van der Waals surface area contributed by atoms with Crippen LogP contribution in [0.2, 0.25) is 0 Å². The molecule has 0 aliphatic rings. The molecular weight excluding hydrogens is 286 g/mol. The molecule has 0 unspecified atom stereocenters. The van der Waals surface area contributed by atoms with E-state index in [2.05, 4.69) is 49.1 Å². The van der Waals surface area contributed by atoms with Gasteiger partial charge in [0, 0.05) is 36.7 Å². The summed E-state index contributed by atoms with van der Waals surface area (Å²) in [5, 5.41) is 3.43. The van der Waals surface area contributed by atoms with E-state index in [1.807, 2.05) is 33.3 Å². The first-order valence-corrected chi connectivity index (χ1v) is 7.71. The van der Waals surface area contributed by atoms with Crippen molar-refractivity contribution < 1.29 is 0 Å². The summed E-state index contributed by atoms with van der Waals surface area (Å²) in [6.07, 6.45) is 5.61. The van der Waals surface area contributed by atoms with Gasteiger partial charge in [0.05, 0.1) is 6.33 Å². The first-order chi connectivity index (χ1) is 11.1. The highest BCUT2D eigenvalue weighted by Crippen LogP contribution is 2.16. The van der Waals surface area contributed by atoms with Crippen LogP contribution in [-0.4, -0.2) is 19.5 Å². The fourth-order valence-corrected chi connectivity index (χ4v) is 2.56. The van der Waals surface area contributed by atoms with Crippen molar-refractivity contribution >= 4 is 5.82 Å². The van der Waals surface area contributed by atoms with E-state index < -0.39 is 0 Å². The fraction of sp³-hybridized carbons (Fsp3) is 0.278. The maximum atomic E-state index is 4.50. The molecule has 0 aliphatic carbocycles. The van der Waals surface area contributed by atoms with Crippen LogP contribution in [0.4, 0.5) is 5.82 Å². The minimum atomic E-state index is 0.745. The normalized spacial score (nSPS) is 10.7. The van der Waals surface area contributed by atoms with E-state index in [0.717, 1.165) is 36.0 Å². The molecule has 0 spiro atoms. The number of imidazole rings is 1. The maximum Gasteiger partial charge on any atom is 0.133 e. The average Bonchev–Trinajstić information content (AvgIpc) is 3.03. The lowest BCUT2D eigenvalue weighted by Crippen LogP contribution is -2.07. The highest BCUT2D eigenvalue weighted by Gasteiger charge is 2.06. The quantitative estimate of drug-likeness (QED) is 0.786. The molecular formula is C18H21N5. The molecule has 0 aliphatic heterocycles. The van der Waals surface area contributed by atoms with Crippen LogP contribution in [0.15, 0.2) is 43.0 Å². The molecule has 5 nitrogen and oxygen atoms in total. The van der Waals surface area contributed by atoms with Crippen LogP contribution in [0.3, 0.4) is 0 Å². The molecule has 0 atom stereocenters. The van der Waals surface area contributed by atoms with Gasteiger partial charge in [0.2, 0.25) is 0 Å².